The molecule has 0 aromatic heterocycles. The molecule has 1 N–H and O–H groups in total. The first kappa shape index (κ1) is 21.1. The Kier molecular flexibility index (Phi) is 6.40. The Labute approximate surface area is 158 Å². The van der Waals surface area contributed by atoms with Crippen LogP contribution in [0.2, 0.25) is 0 Å². The van der Waals surface area contributed by atoms with E-state index in [0.717, 1.165) is 24.3 Å². The highest BCUT2D eigenvalue weighted by molar-refractivity contribution is 9.10. The van der Waals surface area contributed by atoms with E-state index in [1.807, 2.05) is 0 Å². The van der Waals surface area contributed by atoms with E-state index in [1.54, 1.807) is 0 Å². The van der Waals surface area contributed by atoms with Crippen molar-refractivity contribution in [2.75, 3.05) is 13.2 Å². The van der Waals surface area contributed by atoms with Crippen molar-refractivity contribution < 1.29 is 35.9 Å². The minimum absolute atomic E-state index is 0.149. The summed E-state index contributed by atoms with van der Waals surface area (Å²) in [6, 6.07) is 7.15. The molecule has 0 aliphatic rings. The van der Waals surface area contributed by atoms with Gasteiger partial charge in [-0.25, -0.2) is 0 Å². The van der Waals surface area contributed by atoms with Crippen molar-refractivity contribution in [1.29, 1.82) is 0 Å². The van der Waals surface area contributed by atoms with Crippen LogP contribution in [0.15, 0.2) is 46.9 Å². The van der Waals surface area contributed by atoms with Crippen LogP contribution in [0.3, 0.4) is 0 Å². The van der Waals surface area contributed by atoms with Gasteiger partial charge in [-0.3, -0.25) is 4.79 Å². The first-order valence-electron chi connectivity index (χ1n) is 7.44. The number of ether oxygens (including phenoxy) is 1. The van der Waals surface area contributed by atoms with E-state index in [-0.39, 0.29) is 23.2 Å². The second kappa shape index (κ2) is 8.20. The lowest BCUT2D eigenvalue weighted by Gasteiger charge is -2.14. The van der Waals surface area contributed by atoms with Gasteiger partial charge in [0, 0.05) is 4.47 Å². The number of para-hydroxylation sites is 1. The van der Waals surface area contributed by atoms with Gasteiger partial charge in [0.1, 0.15) is 12.4 Å². The van der Waals surface area contributed by atoms with E-state index in [4.69, 9.17) is 4.74 Å². The number of amides is 1. The maximum Gasteiger partial charge on any atom is 0.419 e. The number of hydrogen-bond donors (Lipinski definition) is 1. The van der Waals surface area contributed by atoms with Gasteiger partial charge in [-0.05, 0) is 46.3 Å². The fraction of sp³-hybridized carbons (Fsp3) is 0.235. The third-order valence-electron chi connectivity index (χ3n) is 3.38. The van der Waals surface area contributed by atoms with Crippen LogP contribution in [-0.4, -0.2) is 19.1 Å². The molecule has 0 radical (unpaired) electrons. The third-order valence-corrected chi connectivity index (χ3v) is 4.07. The Balaban J connectivity index is 1.98. The molecule has 10 heteroatoms. The predicted octanol–water partition coefficient (Wildman–Crippen LogP) is 5.30. The molecule has 0 aliphatic carbocycles. The molecule has 0 atom stereocenters. The van der Waals surface area contributed by atoms with Crippen LogP contribution in [0.4, 0.5) is 26.3 Å². The van der Waals surface area contributed by atoms with E-state index in [9.17, 15) is 31.1 Å². The van der Waals surface area contributed by atoms with Crippen LogP contribution >= 0.6 is 15.9 Å². The molecule has 27 heavy (non-hydrogen) atoms. The normalized spacial score (nSPS) is 12.0. The highest BCUT2D eigenvalue weighted by atomic mass is 79.9. The lowest BCUT2D eigenvalue weighted by molar-refractivity contribution is -0.139. The van der Waals surface area contributed by atoms with Crippen LogP contribution < -0.4 is 10.1 Å². The predicted molar refractivity (Wildman–Crippen MR) is 88.4 cm³/mol. The van der Waals surface area contributed by atoms with Gasteiger partial charge >= 0.3 is 12.4 Å². The first-order valence-corrected chi connectivity index (χ1v) is 8.23. The topological polar surface area (TPSA) is 38.3 Å². The molecule has 0 saturated carbocycles. The number of alkyl halides is 6. The molecule has 0 spiro atoms. The van der Waals surface area contributed by atoms with Crippen molar-refractivity contribution in [3.8, 4) is 5.75 Å². The van der Waals surface area contributed by atoms with Crippen LogP contribution in [-0.2, 0) is 12.4 Å². The zero-order chi connectivity index (χ0) is 20.2. The van der Waals surface area contributed by atoms with Gasteiger partial charge < -0.3 is 10.1 Å². The van der Waals surface area contributed by atoms with E-state index in [2.05, 4.69) is 21.2 Å². The first-order chi connectivity index (χ1) is 12.5. The molecule has 2 rings (SSSR count). The summed E-state index contributed by atoms with van der Waals surface area (Å²) in [6.07, 6.45) is -9.21. The molecule has 0 heterocycles. The van der Waals surface area contributed by atoms with E-state index < -0.39 is 35.1 Å². The molecular formula is C17H12BrF6NO2. The van der Waals surface area contributed by atoms with Crippen molar-refractivity contribution in [2.45, 2.75) is 12.4 Å². The second-order valence-electron chi connectivity index (χ2n) is 5.29. The number of benzene rings is 2. The average molecular weight is 456 g/mol. The summed E-state index contributed by atoms with van der Waals surface area (Å²) in [5.41, 5.74) is -2.20. The van der Waals surface area contributed by atoms with Crippen molar-refractivity contribution in [3.63, 3.8) is 0 Å². The Bertz CT molecular complexity index is 820. The Morgan fingerprint density at radius 1 is 1.00 bits per heavy atom. The molecule has 1 amide bonds. The van der Waals surface area contributed by atoms with Gasteiger partial charge in [0.2, 0.25) is 0 Å². The van der Waals surface area contributed by atoms with Gasteiger partial charge in [-0.2, -0.15) is 26.3 Å². The summed E-state index contributed by atoms with van der Waals surface area (Å²) in [7, 11) is 0. The number of halogens is 7. The fourth-order valence-corrected chi connectivity index (χ4v) is 2.55. The van der Waals surface area contributed by atoms with Crippen molar-refractivity contribution >= 4 is 21.8 Å². The number of rotatable bonds is 5. The Morgan fingerprint density at radius 2 is 1.67 bits per heavy atom. The zero-order valence-electron chi connectivity index (χ0n) is 13.4. The van der Waals surface area contributed by atoms with E-state index >= 15 is 0 Å². The molecule has 0 unspecified atom stereocenters. The largest absolute Gasteiger partial charge is 0.491 e. The SMILES string of the molecule is O=C(NCCOc1ccccc1C(F)(F)F)c1cc(C(F)(F)F)ccc1Br. The third kappa shape index (κ3) is 5.62. The molecule has 0 fully saturated rings. The smallest absolute Gasteiger partial charge is 0.419 e. The second-order valence-corrected chi connectivity index (χ2v) is 6.15. The van der Waals surface area contributed by atoms with Crippen LogP contribution in [0.1, 0.15) is 21.5 Å². The van der Waals surface area contributed by atoms with Gasteiger partial charge in [0.15, 0.2) is 0 Å². The summed E-state index contributed by atoms with van der Waals surface area (Å²) in [5, 5.41) is 2.30. The molecule has 0 aliphatic heterocycles. The average Bonchev–Trinajstić information content (AvgIpc) is 2.57. The zero-order valence-corrected chi connectivity index (χ0v) is 15.0. The molecule has 3 nitrogen and oxygen atoms in total. The van der Waals surface area contributed by atoms with Crippen molar-refractivity contribution in [1.82, 2.24) is 5.32 Å². The van der Waals surface area contributed by atoms with Gasteiger partial charge in [0.25, 0.3) is 5.91 Å². The van der Waals surface area contributed by atoms with E-state index in [0.29, 0.717) is 6.07 Å². The maximum atomic E-state index is 12.8. The quantitative estimate of drug-likeness (QED) is 0.491. The minimum Gasteiger partial charge on any atom is -0.491 e. The molecule has 0 saturated heterocycles. The summed E-state index contributed by atoms with van der Waals surface area (Å²) in [5.74, 6) is -1.22. The molecule has 2 aromatic carbocycles. The molecule has 2 aromatic rings. The highest BCUT2D eigenvalue weighted by Gasteiger charge is 2.34. The van der Waals surface area contributed by atoms with Gasteiger partial charge in [0.05, 0.1) is 23.2 Å². The Hall–Kier alpha value is -2.23. The number of carbonyl (C=O) groups excluding carboxylic acids is 1. The molecule has 146 valence electrons. The summed E-state index contributed by atoms with van der Waals surface area (Å²) in [6.45, 7) is -0.497. The molecule has 0 bridgehead atoms. The number of carbonyl (C=O) groups is 1. The fourth-order valence-electron chi connectivity index (χ4n) is 2.12. The number of nitrogens with one attached hydrogen (secondary N) is 1. The van der Waals surface area contributed by atoms with E-state index in [1.165, 1.54) is 12.1 Å². The van der Waals surface area contributed by atoms with Gasteiger partial charge in [-0.1, -0.05) is 12.1 Å². The monoisotopic (exact) mass is 455 g/mol. The minimum atomic E-state index is -4.61. The number of hydrogen-bond acceptors (Lipinski definition) is 2. The van der Waals surface area contributed by atoms with Crippen molar-refractivity contribution in [3.05, 3.63) is 63.6 Å². The highest BCUT2D eigenvalue weighted by Crippen LogP contribution is 2.36. The summed E-state index contributed by atoms with van der Waals surface area (Å²) in [4.78, 5) is 12.0. The van der Waals surface area contributed by atoms with Crippen LogP contribution in [0.25, 0.3) is 0 Å². The van der Waals surface area contributed by atoms with Crippen molar-refractivity contribution in [2.24, 2.45) is 0 Å². The van der Waals surface area contributed by atoms with Crippen LogP contribution in [0, 0.1) is 0 Å². The lowest BCUT2D eigenvalue weighted by atomic mass is 10.1. The molecular weight excluding hydrogens is 444 g/mol. The lowest BCUT2D eigenvalue weighted by Crippen LogP contribution is -2.29. The standard InChI is InChI=1S/C17H12BrF6NO2/c18-13-6-5-10(16(19,20)21)9-11(13)15(26)25-7-8-27-14-4-2-1-3-12(14)17(22,23)24/h1-6,9H,7-8H2,(H,25,26). The summed E-state index contributed by atoms with van der Waals surface area (Å²) >= 11 is 2.99. The summed E-state index contributed by atoms with van der Waals surface area (Å²) < 4.78 is 81.9. The maximum absolute atomic E-state index is 12.8. The Morgan fingerprint density at radius 3 is 2.30 bits per heavy atom. The van der Waals surface area contributed by atoms with Crippen LogP contribution in [0.5, 0.6) is 5.75 Å². The van der Waals surface area contributed by atoms with Gasteiger partial charge in [-0.15, -0.1) is 0 Å².